The van der Waals surface area contributed by atoms with E-state index in [1.165, 1.54) is 6.20 Å². The van der Waals surface area contributed by atoms with Crippen LogP contribution in [0.25, 0.3) is 5.82 Å². The molecule has 2 N–H and O–H groups in total. The fourth-order valence-electron chi connectivity index (χ4n) is 2.14. The van der Waals surface area contributed by atoms with Crippen molar-refractivity contribution in [3.05, 3.63) is 40.8 Å². The van der Waals surface area contributed by atoms with Crippen molar-refractivity contribution >= 4 is 5.91 Å². The van der Waals surface area contributed by atoms with E-state index in [4.69, 9.17) is 11.0 Å². The second kappa shape index (κ2) is 4.46. The molecule has 3 rings (SSSR count). The van der Waals surface area contributed by atoms with Crippen LogP contribution in [0.5, 0.6) is 0 Å². The van der Waals surface area contributed by atoms with Crippen LogP contribution < -0.4 is 5.73 Å². The number of carbonyl (C=O) groups is 1. The van der Waals surface area contributed by atoms with Crippen molar-refractivity contribution in [1.82, 2.24) is 14.8 Å². The van der Waals surface area contributed by atoms with Gasteiger partial charge in [0.25, 0.3) is 5.91 Å². The quantitative estimate of drug-likeness (QED) is 0.909. The van der Waals surface area contributed by atoms with Crippen LogP contribution in [0.1, 0.15) is 45.9 Å². The number of hydrogen-bond donors (Lipinski definition) is 1. The van der Waals surface area contributed by atoms with Gasteiger partial charge in [0.05, 0.1) is 16.8 Å². The van der Waals surface area contributed by atoms with Gasteiger partial charge in [-0.1, -0.05) is 0 Å². The van der Waals surface area contributed by atoms with Crippen LogP contribution in [0.3, 0.4) is 0 Å². The van der Waals surface area contributed by atoms with Crippen LogP contribution in [-0.4, -0.2) is 20.7 Å². The molecule has 20 heavy (non-hydrogen) atoms. The standard InChI is InChI=1S/C14H13N5O/c1-8-4-12(17-6-10(8)5-15)19-7-11(14(16)20)13(18-19)9-2-3-9/h4,6-7,9H,2-3H2,1H3,(H2,16,20). The molecule has 0 atom stereocenters. The highest BCUT2D eigenvalue weighted by Crippen LogP contribution is 2.40. The van der Waals surface area contributed by atoms with E-state index < -0.39 is 5.91 Å². The molecule has 1 aliphatic carbocycles. The second-order valence-electron chi connectivity index (χ2n) is 4.98. The molecular weight excluding hydrogens is 254 g/mol. The summed E-state index contributed by atoms with van der Waals surface area (Å²) in [5.41, 5.74) is 7.94. The number of primary amides is 1. The monoisotopic (exact) mass is 267 g/mol. The molecule has 0 unspecified atom stereocenters. The molecule has 0 radical (unpaired) electrons. The number of nitrogens with two attached hydrogens (primary N) is 1. The van der Waals surface area contributed by atoms with Crippen molar-refractivity contribution in [2.75, 3.05) is 0 Å². The molecule has 1 saturated carbocycles. The third-order valence-electron chi connectivity index (χ3n) is 3.42. The molecular formula is C14H13N5O. The number of nitriles is 1. The van der Waals surface area contributed by atoms with Crippen LogP contribution in [0.15, 0.2) is 18.5 Å². The Morgan fingerprint density at radius 1 is 1.55 bits per heavy atom. The van der Waals surface area contributed by atoms with Gasteiger partial charge in [0.15, 0.2) is 5.82 Å². The summed E-state index contributed by atoms with van der Waals surface area (Å²) in [6.45, 7) is 1.84. The SMILES string of the molecule is Cc1cc(-n2cc(C(N)=O)c(C3CC3)n2)ncc1C#N. The van der Waals surface area contributed by atoms with Crippen LogP contribution in [-0.2, 0) is 0 Å². The van der Waals surface area contributed by atoms with Gasteiger partial charge in [0.2, 0.25) is 0 Å². The largest absolute Gasteiger partial charge is 0.365 e. The molecule has 0 saturated heterocycles. The molecule has 6 nitrogen and oxygen atoms in total. The van der Waals surface area contributed by atoms with E-state index in [-0.39, 0.29) is 0 Å². The van der Waals surface area contributed by atoms with Crippen molar-refractivity contribution in [1.29, 1.82) is 5.26 Å². The summed E-state index contributed by atoms with van der Waals surface area (Å²) in [5.74, 6) is 0.442. The first-order chi connectivity index (χ1) is 9.60. The van der Waals surface area contributed by atoms with E-state index in [1.54, 1.807) is 16.9 Å². The zero-order valence-electron chi connectivity index (χ0n) is 11.0. The fraction of sp³-hybridized carbons (Fsp3) is 0.286. The molecule has 0 aromatic carbocycles. The maximum Gasteiger partial charge on any atom is 0.252 e. The van der Waals surface area contributed by atoms with E-state index in [0.717, 1.165) is 24.1 Å². The summed E-state index contributed by atoms with van der Waals surface area (Å²) in [6.07, 6.45) is 5.20. The minimum Gasteiger partial charge on any atom is -0.365 e. The van der Waals surface area contributed by atoms with Gasteiger partial charge in [-0.05, 0) is 31.4 Å². The number of nitrogens with zero attached hydrogens (tertiary/aromatic N) is 4. The Bertz CT molecular complexity index is 737. The normalized spacial score (nSPS) is 14.0. The van der Waals surface area contributed by atoms with Gasteiger partial charge in [0.1, 0.15) is 6.07 Å². The molecule has 6 heteroatoms. The number of rotatable bonds is 3. The average Bonchev–Trinajstić information content (AvgIpc) is 3.17. The van der Waals surface area contributed by atoms with Crippen molar-refractivity contribution < 1.29 is 4.79 Å². The lowest BCUT2D eigenvalue weighted by atomic mass is 10.2. The van der Waals surface area contributed by atoms with Gasteiger partial charge < -0.3 is 5.73 Å². The first kappa shape index (κ1) is 12.4. The van der Waals surface area contributed by atoms with Gasteiger partial charge in [-0.2, -0.15) is 10.4 Å². The highest BCUT2D eigenvalue weighted by molar-refractivity contribution is 5.94. The highest BCUT2D eigenvalue weighted by Gasteiger charge is 2.31. The smallest absolute Gasteiger partial charge is 0.252 e. The number of aromatic nitrogens is 3. The van der Waals surface area contributed by atoms with Gasteiger partial charge in [-0.15, -0.1) is 0 Å². The molecule has 0 bridgehead atoms. The second-order valence-corrected chi connectivity index (χ2v) is 4.98. The topological polar surface area (TPSA) is 97.6 Å². The Kier molecular flexibility index (Phi) is 2.75. The molecule has 2 aromatic heterocycles. The van der Waals surface area contributed by atoms with Crippen molar-refractivity contribution in [2.24, 2.45) is 5.73 Å². The van der Waals surface area contributed by atoms with E-state index >= 15 is 0 Å². The molecule has 100 valence electrons. The van der Waals surface area contributed by atoms with Crippen molar-refractivity contribution in [2.45, 2.75) is 25.7 Å². The summed E-state index contributed by atoms with van der Waals surface area (Å²) in [4.78, 5) is 15.7. The Labute approximate surface area is 115 Å². The number of amides is 1. The molecule has 1 amide bonds. The zero-order chi connectivity index (χ0) is 14.3. The molecule has 0 aliphatic heterocycles. The number of carbonyl (C=O) groups excluding carboxylic acids is 1. The molecule has 2 aromatic rings. The first-order valence-electron chi connectivity index (χ1n) is 6.36. The van der Waals surface area contributed by atoms with Gasteiger partial charge in [-0.3, -0.25) is 4.79 Å². The number of aryl methyl sites for hydroxylation is 1. The summed E-state index contributed by atoms with van der Waals surface area (Å²) in [5, 5.41) is 13.3. The Balaban J connectivity index is 2.06. The third-order valence-corrected chi connectivity index (χ3v) is 3.42. The first-order valence-corrected chi connectivity index (χ1v) is 6.36. The van der Waals surface area contributed by atoms with Crippen LogP contribution in [0.2, 0.25) is 0 Å². The Hall–Kier alpha value is -2.68. The van der Waals surface area contributed by atoms with Gasteiger partial charge in [-0.25, -0.2) is 9.67 Å². The minimum absolute atomic E-state index is 0.332. The fourth-order valence-corrected chi connectivity index (χ4v) is 2.14. The zero-order valence-corrected chi connectivity index (χ0v) is 11.0. The number of hydrogen-bond acceptors (Lipinski definition) is 4. The third kappa shape index (κ3) is 2.03. The summed E-state index contributed by atoms with van der Waals surface area (Å²) < 4.78 is 1.56. The lowest BCUT2D eigenvalue weighted by molar-refractivity contribution is 0.0999. The lowest BCUT2D eigenvalue weighted by Crippen LogP contribution is -2.12. The maximum atomic E-state index is 11.5. The molecule has 1 aliphatic rings. The summed E-state index contributed by atoms with van der Waals surface area (Å²) in [6, 6.07) is 3.84. The van der Waals surface area contributed by atoms with E-state index in [0.29, 0.717) is 22.9 Å². The van der Waals surface area contributed by atoms with Crippen LogP contribution in [0.4, 0.5) is 0 Å². The van der Waals surface area contributed by atoms with Crippen molar-refractivity contribution in [3.63, 3.8) is 0 Å². The Morgan fingerprint density at radius 3 is 2.85 bits per heavy atom. The van der Waals surface area contributed by atoms with Gasteiger partial charge >= 0.3 is 0 Å². The van der Waals surface area contributed by atoms with E-state index in [1.807, 2.05) is 6.92 Å². The van der Waals surface area contributed by atoms with Crippen LogP contribution >= 0.6 is 0 Å². The van der Waals surface area contributed by atoms with E-state index in [2.05, 4.69) is 16.2 Å². The predicted octanol–water partition coefficient (Wildman–Crippen LogP) is 1.42. The number of pyridine rings is 1. The molecule has 0 spiro atoms. The maximum absolute atomic E-state index is 11.5. The minimum atomic E-state index is -0.469. The predicted molar refractivity (Wildman–Crippen MR) is 71.3 cm³/mol. The van der Waals surface area contributed by atoms with Crippen LogP contribution in [0, 0.1) is 18.3 Å². The average molecular weight is 267 g/mol. The van der Waals surface area contributed by atoms with Gasteiger partial charge in [0, 0.05) is 18.3 Å². The summed E-state index contributed by atoms with van der Waals surface area (Å²) in [7, 11) is 0. The lowest BCUT2D eigenvalue weighted by Gasteiger charge is -2.02. The van der Waals surface area contributed by atoms with E-state index in [9.17, 15) is 4.79 Å². The molecule has 1 fully saturated rings. The van der Waals surface area contributed by atoms with Crippen molar-refractivity contribution in [3.8, 4) is 11.9 Å². The Morgan fingerprint density at radius 2 is 2.30 bits per heavy atom. The highest BCUT2D eigenvalue weighted by atomic mass is 16.1. The molecule has 2 heterocycles. The summed E-state index contributed by atoms with van der Waals surface area (Å²) >= 11 is 0.